The number of carboxylic acids is 3. The van der Waals surface area contributed by atoms with Gasteiger partial charge in [0.15, 0.2) is 0 Å². The number of aliphatic carboxylic acids is 3. The molecule has 3 N–H and O–H groups in total. The van der Waals surface area contributed by atoms with Crippen LogP contribution in [0.2, 0.25) is 0 Å². The minimum atomic E-state index is -5.08. The molecule has 0 aromatic carbocycles. The standard InChI is InChI=1S/C19H23N3O2.3C2HF3O2/c1-2-9-21-18(5-1)24-17-12-19(23-15-17)6-10-22(11-7-19)14-16-4-3-8-20-13-16;3*3-2(4,5)1(6)7/h1-5,8-9,13,17H,6-7,10-12,14-15H2;3*(H,6,7). The van der Waals surface area contributed by atoms with Crippen LogP contribution in [0, 0.1) is 0 Å². The first-order valence-corrected chi connectivity index (χ1v) is 12.4. The first-order chi connectivity index (χ1) is 20.6. The van der Waals surface area contributed by atoms with Crippen LogP contribution < -0.4 is 4.74 Å². The van der Waals surface area contributed by atoms with Gasteiger partial charge in [0.25, 0.3) is 0 Å². The minimum absolute atomic E-state index is 0.00904. The molecule has 2 saturated heterocycles. The van der Waals surface area contributed by atoms with Gasteiger partial charge in [-0.1, -0.05) is 12.1 Å². The van der Waals surface area contributed by atoms with Gasteiger partial charge in [0, 0.05) is 50.7 Å². The van der Waals surface area contributed by atoms with E-state index in [2.05, 4.69) is 20.9 Å². The molecule has 1 spiro atoms. The van der Waals surface area contributed by atoms with Crippen LogP contribution in [0.1, 0.15) is 24.8 Å². The Bertz CT molecular complexity index is 1150. The van der Waals surface area contributed by atoms with Crippen molar-refractivity contribution in [3.63, 3.8) is 0 Å². The molecule has 0 aliphatic carbocycles. The Hall–Kier alpha value is -4.20. The summed E-state index contributed by atoms with van der Waals surface area (Å²) in [5.74, 6) is -7.58. The molecule has 1 atom stereocenters. The number of nitrogens with zero attached hydrogens (tertiary/aromatic N) is 3. The van der Waals surface area contributed by atoms with Gasteiger partial charge in [-0.05, 0) is 30.5 Å². The number of aromatic nitrogens is 2. The Balaban J connectivity index is 0.000000396. The van der Waals surface area contributed by atoms with Gasteiger partial charge in [0.05, 0.1) is 12.2 Å². The zero-order valence-corrected chi connectivity index (χ0v) is 22.8. The van der Waals surface area contributed by atoms with E-state index in [1.165, 1.54) is 5.56 Å². The summed E-state index contributed by atoms with van der Waals surface area (Å²) in [4.78, 5) is 37.6. The number of carboxylic acid groups (broad SMARTS) is 3. The van der Waals surface area contributed by atoms with E-state index in [0.29, 0.717) is 12.5 Å². The fourth-order valence-corrected chi connectivity index (χ4v) is 3.68. The molecule has 4 rings (SSSR count). The van der Waals surface area contributed by atoms with E-state index in [-0.39, 0.29) is 11.7 Å². The van der Waals surface area contributed by atoms with Crippen LogP contribution in [-0.2, 0) is 25.7 Å². The Labute approximate surface area is 248 Å². The molecule has 1 unspecified atom stereocenters. The second-order valence-corrected chi connectivity index (χ2v) is 9.15. The van der Waals surface area contributed by atoms with E-state index in [0.717, 1.165) is 38.9 Å². The summed E-state index contributed by atoms with van der Waals surface area (Å²) in [5, 5.41) is 21.4. The highest BCUT2D eigenvalue weighted by Gasteiger charge is 2.44. The highest BCUT2D eigenvalue weighted by atomic mass is 19.4. The van der Waals surface area contributed by atoms with E-state index < -0.39 is 36.4 Å². The number of piperidine rings is 1. The largest absolute Gasteiger partial charge is 0.490 e. The third-order valence-corrected chi connectivity index (χ3v) is 5.72. The lowest BCUT2D eigenvalue weighted by Crippen LogP contribution is -2.44. The lowest BCUT2D eigenvalue weighted by atomic mass is 9.88. The van der Waals surface area contributed by atoms with Crippen molar-refractivity contribution in [3.05, 3.63) is 54.5 Å². The lowest BCUT2D eigenvalue weighted by Gasteiger charge is -2.38. The average Bonchev–Trinajstić information content (AvgIpc) is 3.32. The van der Waals surface area contributed by atoms with Gasteiger partial charge in [-0.3, -0.25) is 9.88 Å². The van der Waals surface area contributed by atoms with Crippen LogP contribution in [0.3, 0.4) is 0 Å². The number of ether oxygens (including phenoxy) is 2. The van der Waals surface area contributed by atoms with Crippen molar-refractivity contribution >= 4 is 17.9 Å². The van der Waals surface area contributed by atoms with Crippen molar-refractivity contribution in [2.45, 2.75) is 56.0 Å². The molecule has 252 valence electrons. The summed E-state index contributed by atoms with van der Waals surface area (Å²) in [5.41, 5.74) is 1.27. The Kier molecular flexibility index (Phi) is 14.5. The fourth-order valence-electron chi connectivity index (χ4n) is 3.68. The van der Waals surface area contributed by atoms with E-state index in [9.17, 15) is 39.5 Å². The number of hydrogen-bond acceptors (Lipinski definition) is 8. The molecule has 4 heterocycles. The van der Waals surface area contributed by atoms with Crippen LogP contribution in [0.5, 0.6) is 5.88 Å². The Morgan fingerprint density at radius 1 is 0.844 bits per heavy atom. The smallest absolute Gasteiger partial charge is 0.475 e. The maximum Gasteiger partial charge on any atom is 0.490 e. The SMILES string of the molecule is O=C(O)C(F)(F)F.O=C(O)C(F)(F)F.O=C(O)C(F)(F)F.c1ccc(OC2COC3(CCN(Cc4cccnc4)CC3)C2)nc1. The number of carbonyl (C=O) groups is 3. The van der Waals surface area contributed by atoms with Gasteiger partial charge >= 0.3 is 36.4 Å². The zero-order chi connectivity index (χ0) is 34.5. The number of hydrogen-bond donors (Lipinski definition) is 3. The predicted octanol–water partition coefficient (Wildman–Crippen LogP) is 4.58. The molecule has 0 saturated carbocycles. The Morgan fingerprint density at radius 2 is 1.36 bits per heavy atom. The topological polar surface area (TPSA) is 159 Å². The van der Waals surface area contributed by atoms with Gasteiger partial charge < -0.3 is 24.8 Å². The fraction of sp³-hybridized carbons (Fsp3) is 0.480. The molecule has 45 heavy (non-hydrogen) atoms. The first-order valence-electron chi connectivity index (χ1n) is 12.4. The number of rotatable bonds is 4. The molecule has 2 aromatic heterocycles. The molecule has 2 aliphatic rings. The van der Waals surface area contributed by atoms with Crippen molar-refractivity contribution < 1.29 is 78.7 Å². The van der Waals surface area contributed by atoms with E-state index in [4.69, 9.17) is 39.2 Å². The van der Waals surface area contributed by atoms with Crippen molar-refractivity contribution in [1.29, 1.82) is 0 Å². The van der Waals surface area contributed by atoms with E-state index in [1.807, 2.05) is 36.7 Å². The third kappa shape index (κ3) is 15.4. The first kappa shape index (κ1) is 38.8. The van der Waals surface area contributed by atoms with Gasteiger partial charge in [-0.15, -0.1) is 0 Å². The molecule has 2 fully saturated rings. The van der Waals surface area contributed by atoms with Gasteiger partial charge in [-0.25, -0.2) is 19.4 Å². The van der Waals surface area contributed by atoms with Crippen LogP contribution >= 0.6 is 0 Å². The summed E-state index contributed by atoms with van der Waals surface area (Å²) >= 11 is 0. The molecule has 0 amide bonds. The molecular formula is C25H26F9N3O8. The molecule has 20 heteroatoms. The predicted molar refractivity (Wildman–Crippen MR) is 132 cm³/mol. The molecule has 2 aromatic rings. The zero-order valence-electron chi connectivity index (χ0n) is 22.8. The number of alkyl halides is 9. The molecule has 0 bridgehead atoms. The van der Waals surface area contributed by atoms with Crippen LogP contribution in [0.4, 0.5) is 39.5 Å². The second-order valence-electron chi connectivity index (χ2n) is 9.15. The van der Waals surface area contributed by atoms with Crippen molar-refractivity contribution in [3.8, 4) is 5.88 Å². The summed E-state index contributed by atoms with van der Waals surface area (Å²) in [7, 11) is 0. The summed E-state index contributed by atoms with van der Waals surface area (Å²) in [6, 6.07) is 9.89. The van der Waals surface area contributed by atoms with Crippen molar-refractivity contribution in [1.82, 2.24) is 14.9 Å². The second kappa shape index (κ2) is 16.8. The molecule has 11 nitrogen and oxygen atoms in total. The van der Waals surface area contributed by atoms with E-state index in [1.54, 1.807) is 6.20 Å². The maximum atomic E-state index is 10.6. The third-order valence-electron chi connectivity index (χ3n) is 5.72. The monoisotopic (exact) mass is 667 g/mol. The summed E-state index contributed by atoms with van der Waals surface area (Å²) in [6.07, 6.45) is -6.51. The highest BCUT2D eigenvalue weighted by Crippen LogP contribution is 2.37. The summed E-state index contributed by atoms with van der Waals surface area (Å²) in [6.45, 7) is 3.76. The van der Waals surface area contributed by atoms with Gasteiger partial charge in [0.1, 0.15) is 6.10 Å². The van der Waals surface area contributed by atoms with Gasteiger partial charge in [0.2, 0.25) is 5.88 Å². The number of likely N-dealkylation sites (tertiary alicyclic amines) is 1. The van der Waals surface area contributed by atoms with Crippen molar-refractivity contribution in [2.75, 3.05) is 19.7 Å². The lowest BCUT2D eigenvalue weighted by molar-refractivity contribution is -0.193. The van der Waals surface area contributed by atoms with Crippen molar-refractivity contribution in [2.24, 2.45) is 0 Å². The van der Waals surface area contributed by atoms with Gasteiger partial charge in [-0.2, -0.15) is 39.5 Å². The summed E-state index contributed by atoms with van der Waals surface area (Å²) < 4.78 is 107. The highest BCUT2D eigenvalue weighted by molar-refractivity contribution is 5.73. The normalized spacial score (nSPS) is 17.8. The maximum absolute atomic E-state index is 10.6. The minimum Gasteiger partial charge on any atom is -0.475 e. The molecule has 0 radical (unpaired) electrons. The Morgan fingerprint density at radius 3 is 1.76 bits per heavy atom. The van der Waals surface area contributed by atoms with Crippen LogP contribution in [0.15, 0.2) is 48.9 Å². The van der Waals surface area contributed by atoms with E-state index >= 15 is 0 Å². The number of halogens is 9. The molecule has 2 aliphatic heterocycles. The van der Waals surface area contributed by atoms with Crippen LogP contribution in [-0.4, -0.2) is 98.0 Å². The molecular weight excluding hydrogens is 641 g/mol. The average molecular weight is 667 g/mol. The van der Waals surface area contributed by atoms with Crippen LogP contribution in [0.25, 0.3) is 0 Å². The quantitative estimate of drug-likeness (QED) is 0.392. The number of pyridine rings is 2.